The zero-order chi connectivity index (χ0) is 14.1. The highest BCUT2D eigenvalue weighted by molar-refractivity contribution is 7.86. The van der Waals surface area contributed by atoms with Gasteiger partial charge in [0.15, 0.2) is 0 Å². The summed E-state index contributed by atoms with van der Waals surface area (Å²) in [7, 11) is -1.93. The summed E-state index contributed by atoms with van der Waals surface area (Å²) in [6, 6.07) is -0.103. The molecule has 1 saturated heterocycles. The molecular weight excluding hydrogens is 256 g/mol. The van der Waals surface area contributed by atoms with Gasteiger partial charge in [-0.2, -0.15) is 17.0 Å². The second-order valence-electron chi connectivity index (χ2n) is 5.59. The Morgan fingerprint density at radius 3 is 2.50 bits per heavy atom. The van der Waals surface area contributed by atoms with Crippen LogP contribution in [0.5, 0.6) is 0 Å². The third-order valence-corrected chi connectivity index (χ3v) is 5.15. The van der Waals surface area contributed by atoms with Gasteiger partial charge >= 0.3 is 0 Å². The molecule has 0 spiro atoms. The number of aliphatic hydroxyl groups excluding tert-OH is 1. The minimum absolute atomic E-state index is 0.103. The third kappa shape index (κ3) is 3.42. The molecule has 0 aromatic heterocycles. The molecule has 1 aliphatic heterocycles. The molecule has 6 nitrogen and oxygen atoms in total. The second-order valence-corrected chi connectivity index (χ2v) is 7.58. The molecule has 0 aliphatic carbocycles. The van der Waals surface area contributed by atoms with Crippen LogP contribution in [0, 0.1) is 0 Å². The van der Waals surface area contributed by atoms with Crippen LogP contribution in [0.25, 0.3) is 0 Å². The average Bonchev–Trinajstić information content (AvgIpc) is 2.25. The van der Waals surface area contributed by atoms with Gasteiger partial charge in [-0.3, -0.25) is 0 Å². The van der Waals surface area contributed by atoms with Gasteiger partial charge in [0.25, 0.3) is 10.2 Å². The maximum Gasteiger partial charge on any atom is 0.282 e. The first-order valence-electron chi connectivity index (χ1n) is 6.12. The summed E-state index contributed by atoms with van der Waals surface area (Å²) in [4.78, 5) is 0. The van der Waals surface area contributed by atoms with Gasteiger partial charge in [-0.1, -0.05) is 0 Å². The predicted octanol–water partition coefficient (Wildman–Crippen LogP) is 0.0431. The van der Waals surface area contributed by atoms with Crippen LogP contribution in [0.15, 0.2) is 0 Å². The Morgan fingerprint density at radius 2 is 2.06 bits per heavy atom. The summed E-state index contributed by atoms with van der Waals surface area (Å²) in [5.41, 5.74) is -0.587. The molecule has 1 aliphatic rings. The first-order valence-corrected chi connectivity index (χ1v) is 7.51. The molecule has 0 radical (unpaired) electrons. The molecule has 0 saturated carbocycles. The Balaban J connectivity index is 2.94. The van der Waals surface area contributed by atoms with Crippen molar-refractivity contribution in [1.82, 2.24) is 8.61 Å². The average molecular weight is 280 g/mol. The lowest BCUT2D eigenvalue weighted by molar-refractivity contribution is -0.132. The molecule has 1 fully saturated rings. The van der Waals surface area contributed by atoms with E-state index in [0.29, 0.717) is 6.54 Å². The maximum atomic E-state index is 12.4. The zero-order valence-electron chi connectivity index (χ0n) is 11.8. The van der Waals surface area contributed by atoms with Crippen molar-refractivity contribution in [2.24, 2.45) is 0 Å². The molecule has 1 unspecified atom stereocenters. The van der Waals surface area contributed by atoms with Crippen LogP contribution >= 0.6 is 0 Å². The number of hydrogen-bond donors (Lipinski definition) is 1. The number of hydrogen-bond acceptors (Lipinski definition) is 4. The van der Waals surface area contributed by atoms with E-state index < -0.39 is 21.9 Å². The molecule has 0 bridgehead atoms. The molecular formula is C11H24N2O4S. The Kier molecular flexibility index (Phi) is 4.77. The molecule has 7 heteroatoms. The number of rotatable bonds is 4. The van der Waals surface area contributed by atoms with E-state index in [0.717, 1.165) is 0 Å². The number of morpholine rings is 1. The fourth-order valence-electron chi connectivity index (χ4n) is 1.96. The van der Waals surface area contributed by atoms with Crippen LogP contribution in [0.1, 0.15) is 27.7 Å². The van der Waals surface area contributed by atoms with Crippen molar-refractivity contribution in [2.75, 3.05) is 26.7 Å². The van der Waals surface area contributed by atoms with E-state index >= 15 is 0 Å². The van der Waals surface area contributed by atoms with Crippen LogP contribution in [-0.4, -0.2) is 66.6 Å². The van der Waals surface area contributed by atoms with Crippen LogP contribution < -0.4 is 0 Å². The van der Waals surface area contributed by atoms with Crippen molar-refractivity contribution in [3.63, 3.8) is 0 Å². The van der Waals surface area contributed by atoms with E-state index in [1.165, 1.54) is 8.61 Å². The molecule has 1 N–H and O–H groups in total. The summed E-state index contributed by atoms with van der Waals surface area (Å²) in [5.74, 6) is 0. The van der Waals surface area contributed by atoms with E-state index in [-0.39, 0.29) is 19.2 Å². The number of ether oxygens (including phenoxy) is 1. The Labute approximate surface area is 110 Å². The quantitative estimate of drug-likeness (QED) is 0.789. The zero-order valence-corrected chi connectivity index (χ0v) is 12.6. The monoisotopic (exact) mass is 280 g/mol. The van der Waals surface area contributed by atoms with E-state index in [9.17, 15) is 13.5 Å². The topological polar surface area (TPSA) is 70.1 Å². The molecule has 0 aromatic rings. The van der Waals surface area contributed by atoms with Gasteiger partial charge < -0.3 is 9.84 Å². The summed E-state index contributed by atoms with van der Waals surface area (Å²) in [6.07, 6.45) is -0.468. The lowest BCUT2D eigenvalue weighted by atomic mass is 10.1. The molecule has 1 atom stereocenters. The van der Waals surface area contributed by atoms with Crippen molar-refractivity contribution < 1.29 is 18.3 Å². The fraction of sp³-hybridized carbons (Fsp3) is 1.00. The molecule has 0 aromatic carbocycles. The molecule has 1 rings (SSSR count). The normalized spacial score (nSPS) is 25.9. The molecule has 18 heavy (non-hydrogen) atoms. The van der Waals surface area contributed by atoms with Gasteiger partial charge in [-0.05, 0) is 27.7 Å². The van der Waals surface area contributed by atoms with E-state index in [1.807, 2.05) is 27.7 Å². The highest BCUT2D eigenvalue weighted by Gasteiger charge is 2.40. The lowest BCUT2D eigenvalue weighted by Gasteiger charge is -2.42. The largest absolute Gasteiger partial charge is 0.394 e. The number of nitrogens with zero attached hydrogens (tertiary/aromatic N) is 2. The SMILES string of the molecule is CC(C)N(C)S(=O)(=O)N1CC(CO)OC(C)(C)C1. The first kappa shape index (κ1) is 15.8. The van der Waals surface area contributed by atoms with Crippen LogP contribution in [0.4, 0.5) is 0 Å². The predicted molar refractivity (Wildman–Crippen MR) is 69.4 cm³/mol. The van der Waals surface area contributed by atoms with Crippen LogP contribution in [0.2, 0.25) is 0 Å². The second kappa shape index (κ2) is 5.42. The van der Waals surface area contributed by atoms with Crippen molar-refractivity contribution in [3.05, 3.63) is 0 Å². The third-order valence-electron chi connectivity index (χ3n) is 3.07. The van der Waals surface area contributed by atoms with E-state index in [2.05, 4.69) is 0 Å². The Bertz CT molecular complexity index is 381. The molecule has 0 amide bonds. The Morgan fingerprint density at radius 1 is 1.50 bits per heavy atom. The summed E-state index contributed by atoms with van der Waals surface area (Å²) in [5, 5.41) is 9.19. The smallest absolute Gasteiger partial charge is 0.282 e. The molecule has 108 valence electrons. The minimum atomic E-state index is -3.50. The molecule has 1 heterocycles. The van der Waals surface area contributed by atoms with Crippen LogP contribution in [0.3, 0.4) is 0 Å². The van der Waals surface area contributed by atoms with Gasteiger partial charge in [0.05, 0.1) is 18.3 Å². The van der Waals surface area contributed by atoms with Crippen LogP contribution in [-0.2, 0) is 14.9 Å². The lowest BCUT2D eigenvalue weighted by Crippen LogP contribution is -2.58. The maximum absolute atomic E-state index is 12.4. The standard InChI is InChI=1S/C11H24N2O4S/c1-9(2)12(5)18(15,16)13-6-10(7-14)17-11(3,4)8-13/h9-10,14H,6-8H2,1-5H3. The highest BCUT2D eigenvalue weighted by atomic mass is 32.2. The van der Waals surface area contributed by atoms with Gasteiger partial charge in [-0.15, -0.1) is 0 Å². The number of aliphatic hydroxyl groups is 1. The van der Waals surface area contributed by atoms with E-state index in [4.69, 9.17) is 4.74 Å². The highest BCUT2D eigenvalue weighted by Crippen LogP contribution is 2.24. The fourth-order valence-corrected chi connectivity index (χ4v) is 3.69. The van der Waals surface area contributed by atoms with Gasteiger partial charge in [0, 0.05) is 26.2 Å². The van der Waals surface area contributed by atoms with Crippen molar-refractivity contribution >= 4 is 10.2 Å². The van der Waals surface area contributed by atoms with E-state index in [1.54, 1.807) is 7.05 Å². The van der Waals surface area contributed by atoms with Gasteiger partial charge in [0.1, 0.15) is 0 Å². The Hall–Kier alpha value is -0.210. The van der Waals surface area contributed by atoms with Gasteiger partial charge in [0.2, 0.25) is 0 Å². The minimum Gasteiger partial charge on any atom is -0.394 e. The van der Waals surface area contributed by atoms with Crippen molar-refractivity contribution in [3.8, 4) is 0 Å². The van der Waals surface area contributed by atoms with Crippen molar-refractivity contribution in [1.29, 1.82) is 0 Å². The van der Waals surface area contributed by atoms with Crippen molar-refractivity contribution in [2.45, 2.75) is 45.4 Å². The summed E-state index contributed by atoms with van der Waals surface area (Å²) >= 11 is 0. The summed E-state index contributed by atoms with van der Waals surface area (Å²) in [6.45, 7) is 7.61. The van der Waals surface area contributed by atoms with Gasteiger partial charge in [-0.25, -0.2) is 0 Å². The first-order chi connectivity index (χ1) is 8.10. The summed E-state index contributed by atoms with van der Waals surface area (Å²) < 4.78 is 33.1.